The summed E-state index contributed by atoms with van der Waals surface area (Å²) in [7, 11) is 0. The Balaban J connectivity index is 2.30. The van der Waals surface area contributed by atoms with Crippen LogP contribution in [-0.4, -0.2) is 17.3 Å². The van der Waals surface area contributed by atoms with E-state index in [0.29, 0.717) is 12.8 Å². The monoisotopic (exact) mass is 225 g/mol. The van der Waals surface area contributed by atoms with Crippen LogP contribution in [0.25, 0.3) is 0 Å². The fraction of sp³-hybridized carbons (Fsp3) is 0.364. The number of halogens is 1. The number of amides is 1. The second-order valence-corrected chi connectivity index (χ2v) is 3.77. The molecule has 0 unspecified atom stereocenters. The van der Waals surface area contributed by atoms with Crippen molar-refractivity contribution in [3.63, 3.8) is 0 Å². The molecule has 0 radical (unpaired) electrons. The lowest BCUT2D eigenvalue weighted by atomic mass is 9.87. The molecule has 4 nitrogen and oxygen atoms in total. The van der Waals surface area contributed by atoms with E-state index >= 15 is 0 Å². The normalized spacial score (nSPS) is 23.6. The van der Waals surface area contributed by atoms with Gasteiger partial charge in [0.1, 0.15) is 18.0 Å². The van der Waals surface area contributed by atoms with Gasteiger partial charge in [0.25, 0.3) is 0 Å². The molecule has 1 aromatic rings. The molecule has 0 aliphatic heterocycles. The second-order valence-electron chi connectivity index (χ2n) is 3.77. The largest absolute Gasteiger partial charge is 0.443 e. The minimum absolute atomic E-state index is 0.208. The Labute approximate surface area is 91.8 Å². The van der Waals surface area contributed by atoms with Crippen molar-refractivity contribution in [1.29, 1.82) is 0 Å². The van der Waals surface area contributed by atoms with E-state index < -0.39 is 24.1 Å². The number of benzene rings is 1. The molecule has 0 fully saturated rings. The van der Waals surface area contributed by atoms with Crippen LogP contribution in [0.2, 0.25) is 0 Å². The number of nitrogens with two attached hydrogens (primary N) is 1. The number of carbonyl (C=O) groups excluding carboxylic acids is 1. The van der Waals surface area contributed by atoms with Gasteiger partial charge in [-0.05, 0) is 24.5 Å². The van der Waals surface area contributed by atoms with Crippen molar-refractivity contribution < 1.29 is 19.0 Å². The predicted octanol–water partition coefficient (Wildman–Crippen LogP) is 1.27. The van der Waals surface area contributed by atoms with E-state index in [1.165, 1.54) is 6.07 Å². The van der Waals surface area contributed by atoms with Gasteiger partial charge in [0.15, 0.2) is 0 Å². The smallest absolute Gasteiger partial charge is 0.404 e. The van der Waals surface area contributed by atoms with E-state index in [1.807, 2.05) is 0 Å². The molecule has 0 heterocycles. The molecular formula is C11H12FNO3. The highest BCUT2D eigenvalue weighted by Crippen LogP contribution is 2.33. The molecule has 1 amide bonds. The maximum absolute atomic E-state index is 13.5. The van der Waals surface area contributed by atoms with Crippen LogP contribution >= 0.6 is 0 Å². The van der Waals surface area contributed by atoms with E-state index in [-0.39, 0.29) is 5.56 Å². The van der Waals surface area contributed by atoms with E-state index in [2.05, 4.69) is 0 Å². The summed E-state index contributed by atoms with van der Waals surface area (Å²) in [5.74, 6) is -0.484. The number of hydrogen-bond acceptors (Lipinski definition) is 3. The summed E-state index contributed by atoms with van der Waals surface area (Å²) in [6.07, 6.45) is -1.86. The van der Waals surface area contributed by atoms with Crippen molar-refractivity contribution in [1.82, 2.24) is 0 Å². The Morgan fingerprint density at radius 2 is 2.31 bits per heavy atom. The lowest BCUT2D eigenvalue weighted by Crippen LogP contribution is -2.32. The Kier molecular flexibility index (Phi) is 2.78. The van der Waals surface area contributed by atoms with E-state index in [0.717, 1.165) is 5.56 Å². The zero-order chi connectivity index (χ0) is 11.7. The van der Waals surface area contributed by atoms with Crippen LogP contribution in [0, 0.1) is 5.82 Å². The van der Waals surface area contributed by atoms with Gasteiger partial charge in [-0.3, -0.25) is 0 Å². The summed E-state index contributed by atoms with van der Waals surface area (Å²) >= 11 is 0. The van der Waals surface area contributed by atoms with Crippen molar-refractivity contribution in [2.45, 2.75) is 25.0 Å². The van der Waals surface area contributed by atoms with E-state index in [9.17, 15) is 14.3 Å². The lowest BCUT2D eigenvalue weighted by molar-refractivity contribution is -0.00710. The van der Waals surface area contributed by atoms with Crippen LogP contribution in [0.3, 0.4) is 0 Å². The molecule has 0 saturated carbocycles. The van der Waals surface area contributed by atoms with Gasteiger partial charge in [0.05, 0.1) is 0 Å². The van der Waals surface area contributed by atoms with Crippen molar-refractivity contribution >= 4 is 6.09 Å². The third-order valence-corrected chi connectivity index (χ3v) is 2.76. The number of aliphatic hydroxyl groups is 1. The number of rotatable bonds is 1. The number of primary amides is 1. The molecule has 0 spiro atoms. The summed E-state index contributed by atoms with van der Waals surface area (Å²) in [6, 6.07) is 4.62. The second kappa shape index (κ2) is 4.09. The van der Waals surface area contributed by atoms with E-state index in [4.69, 9.17) is 10.5 Å². The SMILES string of the molecule is NC(=O)O[C@@H]1CCc2cccc(F)c2[C@@H]1O. The summed E-state index contributed by atoms with van der Waals surface area (Å²) in [5.41, 5.74) is 5.83. The number of carbonyl (C=O) groups is 1. The van der Waals surface area contributed by atoms with Crippen LogP contribution in [0.5, 0.6) is 0 Å². The maximum atomic E-state index is 13.5. The first-order chi connectivity index (χ1) is 7.59. The Hall–Kier alpha value is -1.62. The third kappa shape index (κ3) is 1.86. The van der Waals surface area contributed by atoms with Crippen LogP contribution in [0.4, 0.5) is 9.18 Å². The fourth-order valence-corrected chi connectivity index (χ4v) is 2.05. The average Bonchev–Trinajstić information content (AvgIpc) is 2.22. The molecule has 2 atom stereocenters. The molecule has 2 rings (SSSR count). The number of fused-ring (bicyclic) bond motifs is 1. The molecule has 0 saturated heterocycles. The number of hydrogen-bond donors (Lipinski definition) is 2. The molecule has 1 aromatic carbocycles. The van der Waals surface area contributed by atoms with Crippen molar-refractivity contribution in [2.75, 3.05) is 0 Å². The highest BCUT2D eigenvalue weighted by Gasteiger charge is 2.32. The van der Waals surface area contributed by atoms with Gasteiger partial charge in [-0.15, -0.1) is 0 Å². The predicted molar refractivity (Wildman–Crippen MR) is 54.1 cm³/mol. The zero-order valence-corrected chi connectivity index (χ0v) is 8.52. The standard InChI is InChI=1S/C11H12FNO3/c12-7-3-1-2-6-4-5-8(16-11(13)15)10(14)9(6)7/h1-3,8,10,14H,4-5H2,(H2,13,15)/t8-,10-/m1/s1. The van der Waals surface area contributed by atoms with Crippen LogP contribution < -0.4 is 5.73 Å². The van der Waals surface area contributed by atoms with Crippen molar-refractivity contribution in [3.05, 3.63) is 35.1 Å². The maximum Gasteiger partial charge on any atom is 0.404 e. The topological polar surface area (TPSA) is 72.6 Å². The molecule has 1 aliphatic carbocycles. The van der Waals surface area contributed by atoms with Crippen LogP contribution in [-0.2, 0) is 11.2 Å². The van der Waals surface area contributed by atoms with Gasteiger partial charge in [-0.2, -0.15) is 0 Å². The minimum atomic E-state index is -1.14. The molecular weight excluding hydrogens is 213 g/mol. The Morgan fingerprint density at radius 1 is 1.56 bits per heavy atom. The molecule has 86 valence electrons. The van der Waals surface area contributed by atoms with E-state index in [1.54, 1.807) is 12.1 Å². The number of ether oxygens (including phenoxy) is 1. The summed E-state index contributed by atoms with van der Waals surface area (Å²) in [5, 5.41) is 9.88. The number of aryl methyl sites for hydroxylation is 1. The molecule has 0 bridgehead atoms. The summed E-state index contributed by atoms with van der Waals surface area (Å²) in [6.45, 7) is 0. The van der Waals surface area contributed by atoms with Gasteiger partial charge in [0.2, 0.25) is 0 Å². The highest BCUT2D eigenvalue weighted by molar-refractivity contribution is 5.65. The average molecular weight is 225 g/mol. The van der Waals surface area contributed by atoms with Gasteiger partial charge in [-0.1, -0.05) is 12.1 Å². The molecule has 3 N–H and O–H groups in total. The lowest BCUT2D eigenvalue weighted by Gasteiger charge is -2.29. The zero-order valence-electron chi connectivity index (χ0n) is 8.52. The minimum Gasteiger partial charge on any atom is -0.443 e. The van der Waals surface area contributed by atoms with Gasteiger partial charge < -0.3 is 15.6 Å². The fourth-order valence-electron chi connectivity index (χ4n) is 2.05. The van der Waals surface area contributed by atoms with Crippen LogP contribution in [0.1, 0.15) is 23.7 Å². The number of aliphatic hydroxyl groups excluding tert-OH is 1. The molecule has 5 heteroatoms. The van der Waals surface area contributed by atoms with Gasteiger partial charge in [-0.25, -0.2) is 9.18 Å². The highest BCUT2D eigenvalue weighted by atomic mass is 19.1. The molecule has 1 aliphatic rings. The van der Waals surface area contributed by atoms with Crippen molar-refractivity contribution in [3.8, 4) is 0 Å². The first-order valence-electron chi connectivity index (χ1n) is 5.01. The quantitative estimate of drug-likeness (QED) is 0.755. The first kappa shape index (κ1) is 10.9. The Bertz CT molecular complexity index is 422. The first-order valence-corrected chi connectivity index (χ1v) is 5.01. The molecule has 0 aromatic heterocycles. The summed E-state index contributed by atoms with van der Waals surface area (Å²) < 4.78 is 18.2. The van der Waals surface area contributed by atoms with Gasteiger partial charge in [0, 0.05) is 5.56 Å². The third-order valence-electron chi connectivity index (χ3n) is 2.76. The Morgan fingerprint density at radius 3 is 3.00 bits per heavy atom. The van der Waals surface area contributed by atoms with Crippen molar-refractivity contribution in [2.24, 2.45) is 5.73 Å². The molecule has 16 heavy (non-hydrogen) atoms. The van der Waals surface area contributed by atoms with Crippen LogP contribution in [0.15, 0.2) is 18.2 Å². The summed E-state index contributed by atoms with van der Waals surface area (Å²) in [4.78, 5) is 10.6. The van der Waals surface area contributed by atoms with Gasteiger partial charge >= 0.3 is 6.09 Å².